The molecule has 1 aliphatic rings. The molecule has 0 aromatic carbocycles. The van der Waals surface area contributed by atoms with Crippen LogP contribution in [0, 0.1) is 0 Å². The molecule has 0 radical (unpaired) electrons. The summed E-state index contributed by atoms with van der Waals surface area (Å²) in [4.78, 5) is 4.45. The standard InChI is InChI=1S/C14H19N3OS/c1-17-8-7-15-13(17)12(11-4-3-9-18-11)16-10-14(19-2)5-6-14/h3-4,7-9,12,16H,5-6,10H2,1-2H3. The normalized spacial score (nSPS) is 18.4. The lowest BCUT2D eigenvalue weighted by Crippen LogP contribution is -2.31. The molecule has 0 spiro atoms. The van der Waals surface area contributed by atoms with Crippen molar-refractivity contribution in [3.05, 3.63) is 42.4 Å². The van der Waals surface area contributed by atoms with Crippen LogP contribution in [-0.2, 0) is 7.05 Å². The number of furan rings is 1. The number of nitrogens with zero attached hydrogens (tertiary/aromatic N) is 2. The number of nitrogens with one attached hydrogen (secondary N) is 1. The first-order valence-electron chi connectivity index (χ1n) is 6.53. The van der Waals surface area contributed by atoms with Crippen LogP contribution in [0.15, 0.2) is 35.2 Å². The maximum atomic E-state index is 5.57. The Morgan fingerprint density at radius 1 is 1.58 bits per heavy atom. The molecule has 1 N–H and O–H groups in total. The van der Waals surface area contributed by atoms with E-state index in [4.69, 9.17) is 4.42 Å². The van der Waals surface area contributed by atoms with Crippen LogP contribution in [0.25, 0.3) is 0 Å². The fourth-order valence-electron chi connectivity index (χ4n) is 2.31. The van der Waals surface area contributed by atoms with Crippen molar-refractivity contribution in [3.63, 3.8) is 0 Å². The van der Waals surface area contributed by atoms with Gasteiger partial charge in [-0.15, -0.1) is 0 Å². The minimum atomic E-state index is 0.0274. The van der Waals surface area contributed by atoms with Gasteiger partial charge in [0.2, 0.25) is 0 Å². The van der Waals surface area contributed by atoms with Gasteiger partial charge in [0.1, 0.15) is 17.6 Å². The lowest BCUT2D eigenvalue weighted by atomic mass is 10.2. The lowest BCUT2D eigenvalue weighted by molar-refractivity contribution is 0.429. The maximum Gasteiger partial charge on any atom is 0.133 e. The predicted octanol–water partition coefficient (Wildman–Crippen LogP) is 2.59. The monoisotopic (exact) mass is 277 g/mol. The third kappa shape index (κ3) is 2.58. The number of rotatable bonds is 6. The van der Waals surface area contributed by atoms with Crippen LogP contribution >= 0.6 is 11.8 Å². The van der Waals surface area contributed by atoms with Crippen molar-refractivity contribution in [1.29, 1.82) is 0 Å². The Labute approximate surface area is 117 Å². The summed E-state index contributed by atoms with van der Waals surface area (Å²) in [6, 6.07) is 3.96. The largest absolute Gasteiger partial charge is 0.467 e. The molecule has 1 atom stereocenters. The van der Waals surface area contributed by atoms with Crippen LogP contribution in [0.4, 0.5) is 0 Å². The molecule has 2 heterocycles. The first-order valence-corrected chi connectivity index (χ1v) is 7.76. The zero-order valence-corrected chi connectivity index (χ0v) is 12.1. The Morgan fingerprint density at radius 3 is 2.95 bits per heavy atom. The van der Waals surface area contributed by atoms with Gasteiger partial charge in [-0.2, -0.15) is 11.8 Å². The summed E-state index contributed by atoms with van der Waals surface area (Å²) in [5, 5.41) is 3.62. The van der Waals surface area contributed by atoms with Crippen LogP contribution < -0.4 is 5.32 Å². The van der Waals surface area contributed by atoms with E-state index in [1.165, 1.54) is 12.8 Å². The average molecular weight is 277 g/mol. The molecule has 2 aromatic rings. The molecule has 0 bridgehead atoms. The highest BCUT2D eigenvalue weighted by molar-refractivity contribution is 8.00. The van der Waals surface area contributed by atoms with Gasteiger partial charge in [-0.25, -0.2) is 4.98 Å². The molecule has 1 saturated carbocycles. The van der Waals surface area contributed by atoms with Crippen LogP contribution in [0.2, 0.25) is 0 Å². The van der Waals surface area contributed by atoms with Gasteiger partial charge in [0.25, 0.3) is 0 Å². The van der Waals surface area contributed by atoms with E-state index in [0.717, 1.165) is 18.1 Å². The molecule has 0 amide bonds. The summed E-state index contributed by atoms with van der Waals surface area (Å²) >= 11 is 1.96. The minimum absolute atomic E-state index is 0.0274. The summed E-state index contributed by atoms with van der Waals surface area (Å²) in [7, 11) is 2.02. The SMILES string of the molecule is CSC1(CNC(c2ccco2)c2nccn2C)CC1. The molecule has 3 rings (SSSR count). The Morgan fingerprint density at radius 2 is 2.42 bits per heavy atom. The van der Waals surface area contributed by atoms with Gasteiger partial charge in [0, 0.05) is 30.7 Å². The number of imidazole rings is 1. The van der Waals surface area contributed by atoms with Crippen LogP contribution in [0.5, 0.6) is 0 Å². The molecule has 19 heavy (non-hydrogen) atoms. The molecule has 1 unspecified atom stereocenters. The minimum Gasteiger partial charge on any atom is -0.467 e. The zero-order valence-electron chi connectivity index (χ0n) is 11.3. The maximum absolute atomic E-state index is 5.57. The highest BCUT2D eigenvalue weighted by atomic mass is 32.2. The Kier molecular flexibility index (Phi) is 3.41. The van der Waals surface area contributed by atoms with Crippen LogP contribution in [0.3, 0.4) is 0 Å². The Balaban J connectivity index is 1.79. The van der Waals surface area contributed by atoms with E-state index in [0.29, 0.717) is 4.75 Å². The van der Waals surface area contributed by atoms with Gasteiger partial charge in [-0.05, 0) is 31.2 Å². The van der Waals surface area contributed by atoms with Crippen LogP contribution in [-0.4, -0.2) is 27.1 Å². The van der Waals surface area contributed by atoms with Crippen molar-refractivity contribution in [3.8, 4) is 0 Å². The van der Waals surface area contributed by atoms with E-state index in [1.807, 2.05) is 47.9 Å². The van der Waals surface area contributed by atoms with Gasteiger partial charge in [-0.1, -0.05) is 0 Å². The van der Waals surface area contributed by atoms with Gasteiger partial charge >= 0.3 is 0 Å². The third-order valence-corrected chi connectivity index (χ3v) is 5.23. The molecule has 0 saturated heterocycles. The predicted molar refractivity (Wildman–Crippen MR) is 77.2 cm³/mol. The van der Waals surface area contributed by atoms with Gasteiger partial charge < -0.3 is 8.98 Å². The van der Waals surface area contributed by atoms with Crippen LogP contribution in [0.1, 0.15) is 30.5 Å². The highest BCUT2D eigenvalue weighted by Gasteiger charge is 2.42. The molecular weight excluding hydrogens is 258 g/mol. The molecule has 1 aliphatic carbocycles. The average Bonchev–Trinajstić information content (AvgIpc) is 2.81. The van der Waals surface area contributed by atoms with Crippen molar-refractivity contribution >= 4 is 11.8 Å². The number of hydrogen-bond donors (Lipinski definition) is 1. The van der Waals surface area contributed by atoms with E-state index < -0.39 is 0 Å². The van der Waals surface area contributed by atoms with E-state index in [9.17, 15) is 0 Å². The van der Waals surface area contributed by atoms with E-state index in [2.05, 4.69) is 16.6 Å². The second kappa shape index (κ2) is 5.06. The number of aromatic nitrogens is 2. The van der Waals surface area contributed by atoms with E-state index in [1.54, 1.807) is 6.26 Å². The van der Waals surface area contributed by atoms with Crippen molar-refractivity contribution < 1.29 is 4.42 Å². The summed E-state index contributed by atoms with van der Waals surface area (Å²) < 4.78 is 8.04. The fourth-order valence-corrected chi connectivity index (χ4v) is 3.05. The smallest absolute Gasteiger partial charge is 0.133 e. The molecule has 4 nitrogen and oxygen atoms in total. The first-order chi connectivity index (χ1) is 9.24. The van der Waals surface area contributed by atoms with E-state index >= 15 is 0 Å². The number of aryl methyl sites for hydroxylation is 1. The molecule has 102 valence electrons. The summed E-state index contributed by atoms with van der Waals surface area (Å²) in [6.45, 7) is 0.992. The summed E-state index contributed by atoms with van der Waals surface area (Å²) in [6.07, 6.45) is 10.3. The zero-order chi connectivity index (χ0) is 13.3. The molecule has 2 aromatic heterocycles. The van der Waals surface area contributed by atoms with E-state index in [-0.39, 0.29) is 6.04 Å². The summed E-state index contributed by atoms with van der Waals surface area (Å²) in [5.41, 5.74) is 0. The molecule has 5 heteroatoms. The second-order valence-corrected chi connectivity index (χ2v) is 6.39. The lowest BCUT2D eigenvalue weighted by Gasteiger charge is -2.20. The van der Waals surface area contributed by atoms with Crippen molar-refractivity contribution in [2.75, 3.05) is 12.8 Å². The first kappa shape index (κ1) is 12.8. The highest BCUT2D eigenvalue weighted by Crippen LogP contribution is 2.46. The Bertz CT molecular complexity index is 531. The fraction of sp³-hybridized carbons (Fsp3) is 0.500. The second-order valence-electron chi connectivity index (χ2n) is 5.11. The third-order valence-electron chi connectivity index (χ3n) is 3.81. The molecular formula is C14H19N3OS. The quantitative estimate of drug-likeness (QED) is 0.881. The summed E-state index contributed by atoms with van der Waals surface area (Å²) in [5.74, 6) is 1.91. The van der Waals surface area contributed by atoms with Gasteiger partial charge in [0.05, 0.1) is 6.26 Å². The molecule has 0 aliphatic heterocycles. The molecule has 1 fully saturated rings. The topological polar surface area (TPSA) is 43.0 Å². The Hall–Kier alpha value is -1.20. The van der Waals surface area contributed by atoms with Crippen molar-refractivity contribution in [2.24, 2.45) is 7.05 Å². The number of thioether (sulfide) groups is 1. The van der Waals surface area contributed by atoms with Crippen molar-refractivity contribution in [2.45, 2.75) is 23.6 Å². The number of hydrogen-bond acceptors (Lipinski definition) is 4. The van der Waals surface area contributed by atoms with Gasteiger partial charge in [0.15, 0.2) is 0 Å². The van der Waals surface area contributed by atoms with Gasteiger partial charge in [-0.3, -0.25) is 5.32 Å². The van der Waals surface area contributed by atoms with Crippen molar-refractivity contribution in [1.82, 2.24) is 14.9 Å².